The van der Waals surface area contributed by atoms with Crippen LogP contribution in [0.25, 0.3) is 0 Å². The standard InChI is InChI=1S/C16H20N4OS/c1-11-10-22-16(18-11)20-14-6-4-13(5-7-14)19-15(21)12-3-2-8-17-9-12/h4-7,10,12,17H,2-3,8-9H2,1H3,(H,18,20)(H,19,21). The third kappa shape index (κ3) is 3.84. The molecule has 116 valence electrons. The lowest BCUT2D eigenvalue weighted by molar-refractivity contribution is -0.120. The summed E-state index contributed by atoms with van der Waals surface area (Å²) in [5, 5.41) is 12.4. The highest BCUT2D eigenvalue weighted by molar-refractivity contribution is 7.13. The fourth-order valence-corrected chi connectivity index (χ4v) is 3.20. The van der Waals surface area contributed by atoms with E-state index in [0.717, 1.165) is 48.1 Å². The Hall–Kier alpha value is -1.92. The number of hydrogen-bond donors (Lipinski definition) is 3. The van der Waals surface area contributed by atoms with Gasteiger partial charge in [0, 0.05) is 23.3 Å². The van der Waals surface area contributed by atoms with E-state index >= 15 is 0 Å². The summed E-state index contributed by atoms with van der Waals surface area (Å²) in [5.41, 5.74) is 2.81. The van der Waals surface area contributed by atoms with Crippen LogP contribution < -0.4 is 16.0 Å². The van der Waals surface area contributed by atoms with Crippen LogP contribution in [0.2, 0.25) is 0 Å². The predicted molar refractivity (Wildman–Crippen MR) is 90.8 cm³/mol. The Kier molecular flexibility index (Phi) is 4.70. The number of nitrogens with one attached hydrogen (secondary N) is 3. The first kappa shape index (κ1) is 15.0. The van der Waals surface area contributed by atoms with E-state index in [1.807, 2.05) is 36.6 Å². The van der Waals surface area contributed by atoms with Crippen LogP contribution in [0.4, 0.5) is 16.5 Å². The zero-order chi connectivity index (χ0) is 15.4. The van der Waals surface area contributed by atoms with Gasteiger partial charge < -0.3 is 16.0 Å². The van der Waals surface area contributed by atoms with Crippen molar-refractivity contribution in [3.8, 4) is 0 Å². The summed E-state index contributed by atoms with van der Waals surface area (Å²) in [6.07, 6.45) is 2.02. The molecule has 1 aromatic carbocycles. The molecule has 1 atom stereocenters. The minimum absolute atomic E-state index is 0.0739. The Labute approximate surface area is 134 Å². The van der Waals surface area contributed by atoms with Crippen LogP contribution in [0, 0.1) is 12.8 Å². The average Bonchev–Trinajstić information content (AvgIpc) is 2.95. The number of rotatable bonds is 4. The molecule has 0 aliphatic carbocycles. The first-order chi connectivity index (χ1) is 10.7. The summed E-state index contributed by atoms with van der Waals surface area (Å²) in [6, 6.07) is 7.73. The van der Waals surface area contributed by atoms with Crippen molar-refractivity contribution < 1.29 is 4.79 Å². The first-order valence-electron chi connectivity index (χ1n) is 7.51. The van der Waals surface area contributed by atoms with Gasteiger partial charge in [0.1, 0.15) is 0 Å². The Bertz CT molecular complexity index is 632. The van der Waals surface area contributed by atoms with Gasteiger partial charge in [-0.25, -0.2) is 4.98 Å². The van der Waals surface area contributed by atoms with Crippen molar-refractivity contribution in [3.63, 3.8) is 0 Å². The third-order valence-electron chi connectivity index (χ3n) is 3.69. The van der Waals surface area contributed by atoms with Gasteiger partial charge in [0.25, 0.3) is 0 Å². The van der Waals surface area contributed by atoms with E-state index in [1.54, 1.807) is 11.3 Å². The van der Waals surface area contributed by atoms with Gasteiger partial charge in [-0.05, 0) is 50.6 Å². The molecular weight excluding hydrogens is 296 g/mol. The van der Waals surface area contributed by atoms with Gasteiger partial charge in [0.05, 0.1) is 11.6 Å². The zero-order valence-electron chi connectivity index (χ0n) is 12.6. The highest BCUT2D eigenvalue weighted by Gasteiger charge is 2.20. The van der Waals surface area contributed by atoms with E-state index in [-0.39, 0.29) is 11.8 Å². The Balaban J connectivity index is 1.57. The van der Waals surface area contributed by atoms with Crippen LogP contribution in [0.3, 0.4) is 0 Å². The van der Waals surface area contributed by atoms with E-state index < -0.39 is 0 Å². The third-order valence-corrected chi connectivity index (χ3v) is 4.57. The lowest BCUT2D eigenvalue weighted by Crippen LogP contribution is -2.37. The maximum absolute atomic E-state index is 12.2. The molecule has 0 spiro atoms. The molecule has 1 aromatic heterocycles. The normalized spacial score (nSPS) is 18.0. The number of amides is 1. The monoisotopic (exact) mass is 316 g/mol. The molecule has 2 heterocycles. The predicted octanol–water partition coefficient (Wildman–Crippen LogP) is 3.13. The number of nitrogens with zero attached hydrogens (tertiary/aromatic N) is 1. The number of thiazole rings is 1. The summed E-state index contributed by atoms with van der Waals surface area (Å²) >= 11 is 1.58. The van der Waals surface area contributed by atoms with E-state index in [2.05, 4.69) is 20.9 Å². The van der Waals surface area contributed by atoms with Crippen LogP contribution in [-0.4, -0.2) is 24.0 Å². The smallest absolute Gasteiger partial charge is 0.228 e. The van der Waals surface area contributed by atoms with Crippen LogP contribution >= 0.6 is 11.3 Å². The second kappa shape index (κ2) is 6.89. The van der Waals surface area contributed by atoms with Crippen LogP contribution in [0.1, 0.15) is 18.5 Å². The Morgan fingerprint density at radius 2 is 2.09 bits per heavy atom. The van der Waals surface area contributed by atoms with Gasteiger partial charge >= 0.3 is 0 Å². The highest BCUT2D eigenvalue weighted by atomic mass is 32.1. The fourth-order valence-electron chi connectivity index (χ4n) is 2.49. The van der Waals surface area contributed by atoms with Crippen molar-refractivity contribution in [1.82, 2.24) is 10.3 Å². The number of hydrogen-bond acceptors (Lipinski definition) is 5. The molecule has 3 rings (SSSR count). The van der Waals surface area contributed by atoms with Gasteiger partial charge in [0.15, 0.2) is 5.13 Å². The summed E-state index contributed by atoms with van der Waals surface area (Å²) < 4.78 is 0. The second-order valence-electron chi connectivity index (χ2n) is 5.53. The molecule has 2 aromatic rings. The molecule has 1 unspecified atom stereocenters. The lowest BCUT2D eigenvalue weighted by Gasteiger charge is -2.21. The van der Waals surface area contributed by atoms with E-state index in [4.69, 9.17) is 0 Å². The van der Waals surface area contributed by atoms with Crippen LogP contribution in [0.5, 0.6) is 0 Å². The molecule has 6 heteroatoms. The first-order valence-corrected chi connectivity index (χ1v) is 8.39. The van der Waals surface area contributed by atoms with Crippen molar-refractivity contribution in [2.24, 2.45) is 5.92 Å². The molecule has 0 bridgehead atoms. The molecule has 5 nitrogen and oxygen atoms in total. The number of anilines is 3. The quantitative estimate of drug-likeness (QED) is 0.811. The molecule has 3 N–H and O–H groups in total. The summed E-state index contributed by atoms with van der Waals surface area (Å²) in [7, 11) is 0. The van der Waals surface area contributed by atoms with Crippen molar-refractivity contribution in [2.45, 2.75) is 19.8 Å². The van der Waals surface area contributed by atoms with Gasteiger partial charge in [-0.15, -0.1) is 11.3 Å². The van der Waals surface area contributed by atoms with Crippen molar-refractivity contribution in [3.05, 3.63) is 35.3 Å². The van der Waals surface area contributed by atoms with Crippen LogP contribution in [-0.2, 0) is 4.79 Å². The summed E-state index contributed by atoms with van der Waals surface area (Å²) in [4.78, 5) is 16.5. The molecule has 1 fully saturated rings. The van der Waals surface area contributed by atoms with Crippen molar-refractivity contribution in [2.75, 3.05) is 23.7 Å². The average molecular weight is 316 g/mol. The summed E-state index contributed by atoms with van der Waals surface area (Å²) in [5.74, 6) is 0.174. The fraction of sp³-hybridized carbons (Fsp3) is 0.375. The minimum atomic E-state index is 0.0739. The number of carbonyl (C=O) groups is 1. The van der Waals surface area contributed by atoms with Crippen molar-refractivity contribution >= 4 is 33.8 Å². The highest BCUT2D eigenvalue weighted by Crippen LogP contribution is 2.22. The molecule has 1 aliphatic rings. The van der Waals surface area contributed by atoms with Gasteiger partial charge in [-0.3, -0.25) is 4.79 Å². The Morgan fingerprint density at radius 1 is 1.32 bits per heavy atom. The molecular formula is C16H20N4OS. The molecule has 0 radical (unpaired) electrons. The minimum Gasteiger partial charge on any atom is -0.332 e. The summed E-state index contributed by atoms with van der Waals surface area (Å²) in [6.45, 7) is 3.76. The maximum Gasteiger partial charge on any atom is 0.228 e. The molecule has 1 aliphatic heterocycles. The molecule has 22 heavy (non-hydrogen) atoms. The number of aryl methyl sites for hydroxylation is 1. The van der Waals surface area contributed by atoms with Gasteiger partial charge in [0.2, 0.25) is 5.91 Å². The van der Waals surface area contributed by atoms with E-state index in [0.29, 0.717) is 0 Å². The van der Waals surface area contributed by atoms with Crippen molar-refractivity contribution in [1.29, 1.82) is 0 Å². The molecule has 1 amide bonds. The largest absolute Gasteiger partial charge is 0.332 e. The lowest BCUT2D eigenvalue weighted by atomic mass is 9.99. The van der Waals surface area contributed by atoms with E-state index in [1.165, 1.54) is 0 Å². The van der Waals surface area contributed by atoms with Crippen LogP contribution in [0.15, 0.2) is 29.6 Å². The zero-order valence-corrected chi connectivity index (χ0v) is 13.4. The second-order valence-corrected chi connectivity index (χ2v) is 6.39. The molecule has 0 saturated carbocycles. The number of carbonyl (C=O) groups excluding carboxylic acids is 1. The Morgan fingerprint density at radius 3 is 2.73 bits per heavy atom. The van der Waals surface area contributed by atoms with Gasteiger partial charge in [-0.1, -0.05) is 0 Å². The number of aromatic nitrogens is 1. The SMILES string of the molecule is Cc1csc(Nc2ccc(NC(=O)C3CCCNC3)cc2)n1. The number of piperidine rings is 1. The molecule has 1 saturated heterocycles. The topological polar surface area (TPSA) is 66.0 Å². The maximum atomic E-state index is 12.2. The number of benzene rings is 1. The van der Waals surface area contributed by atoms with E-state index in [9.17, 15) is 4.79 Å². The van der Waals surface area contributed by atoms with Gasteiger partial charge in [-0.2, -0.15) is 0 Å².